The van der Waals surface area contributed by atoms with Crippen LogP contribution < -0.4 is 15.0 Å². The third-order valence-electron chi connectivity index (χ3n) is 10.3. The van der Waals surface area contributed by atoms with Gasteiger partial charge in [-0.15, -0.1) is 0 Å². The van der Waals surface area contributed by atoms with E-state index >= 15 is 0 Å². The summed E-state index contributed by atoms with van der Waals surface area (Å²) in [4.78, 5) is 16.1. The molecule has 0 saturated carbocycles. The molecule has 4 aromatic carbocycles. The highest BCUT2D eigenvalue weighted by Crippen LogP contribution is 2.57. The van der Waals surface area contributed by atoms with Gasteiger partial charge in [0.05, 0.1) is 5.56 Å². The molecule has 49 heavy (non-hydrogen) atoms. The maximum absolute atomic E-state index is 13.5. The number of hydrogen-bond acceptors (Lipinski definition) is 5. The molecule has 258 valence electrons. The molecule has 4 aromatic rings. The van der Waals surface area contributed by atoms with E-state index < -0.39 is 5.60 Å². The van der Waals surface area contributed by atoms with Crippen molar-refractivity contribution in [2.24, 2.45) is 0 Å². The zero-order valence-electron chi connectivity index (χ0n) is 30.1. The lowest BCUT2D eigenvalue weighted by Gasteiger charge is -2.37. The molecule has 5 nitrogen and oxygen atoms in total. The summed E-state index contributed by atoms with van der Waals surface area (Å²) in [6.07, 6.45) is 15.3. The number of hydrogen-bond donors (Lipinski definition) is 1. The molecule has 0 amide bonds. The fourth-order valence-corrected chi connectivity index (χ4v) is 7.58. The van der Waals surface area contributed by atoms with E-state index in [0.29, 0.717) is 11.3 Å². The Labute approximate surface area is 294 Å². The molecule has 5 heteroatoms. The van der Waals surface area contributed by atoms with Crippen LogP contribution in [0.3, 0.4) is 0 Å². The molecule has 2 aliphatic rings. The van der Waals surface area contributed by atoms with E-state index in [1.54, 1.807) is 0 Å². The number of aryl methyl sites for hydroxylation is 2. The minimum atomic E-state index is -1.10. The van der Waals surface area contributed by atoms with Crippen molar-refractivity contribution in [3.63, 3.8) is 0 Å². The number of ether oxygens (including phenoxy) is 2. The van der Waals surface area contributed by atoms with Gasteiger partial charge in [-0.3, -0.25) is 0 Å². The second kappa shape index (κ2) is 16.0. The number of fused-ring (bicyclic) bond motifs is 6. The Hall–Kier alpha value is -4.25. The van der Waals surface area contributed by atoms with Gasteiger partial charge in [-0.05, 0) is 74.7 Å². The summed E-state index contributed by atoms with van der Waals surface area (Å²) in [6.45, 7) is 10.8. The number of anilines is 3. The highest BCUT2D eigenvalue weighted by Gasteiger charge is 2.53. The van der Waals surface area contributed by atoms with Crippen LogP contribution in [0.15, 0.2) is 78.9 Å². The van der Waals surface area contributed by atoms with Gasteiger partial charge in [0, 0.05) is 52.9 Å². The molecule has 0 fully saturated rings. The minimum absolute atomic E-state index is 0.306. The van der Waals surface area contributed by atoms with Gasteiger partial charge in [0.25, 0.3) is 0 Å². The Morgan fingerprint density at radius 1 is 0.653 bits per heavy atom. The number of unbranched alkanes of at least 4 members (excludes halogenated alkanes) is 10. The van der Waals surface area contributed by atoms with Crippen LogP contribution in [-0.4, -0.2) is 19.1 Å². The summed E-state index contributed by atoms with van der Waals surface area (Å²) in [7, 11) is 0. The van der Waals surface area contributed by atoms with E-state index in [-0.39, 0.29) is 5.97 Å². The van der Waals surface area contributed by atoms with Crippen molar-refractivity contribution < 1.29 is 14.3 Å². The molecule has 1 atom stereocenters. The van der Waals surface area contributed by atoms with Gasteiger partial charge in [-0.1, -0.05) is 114 Å². The van der Waals surface area contributed by atoms with Crippen LogP contribution in [0.2, 0.25) is 0 Å². The zero-order chi connectivity index (χ0) is 34.2. The molecule has 0 saturated heterocycles. The van der Waals surface area contributed by atoms with E-state index in [9.17, 15) is 4.79 Å². The molecule has 2 aliphatic heterocycles. The Bertz CT molecular complexity index is 1730. The summed E-state index contributed by atoms with van der Waals surface area (Å²) in [6, 6.07) is 26.9. The maximum atomic E-state index is 13.5. The van der Waals surface area contributed by atoms with Crippen LogP contribution in [0, 0.1) is 13.8 Å². The first-order valence-corrected chi connectivity index (χ1v) is 18.8. The molecule has 0 aliphatic carbocycles. The van der Waals surface area contributed by atoms with Crippen LogP contribution in [0.1, 0.15) is 129 Å². The Morgan fingerprint density at radius 3 is 2.06 bits per heavy atom. The van der Waals surface area contributed by atoms with E-state index in [1.165, 1.54) is 93.9 Å². The van der Waals surface area contributed by atoms with Crippen molar-refractivity contribution in [3.05, 3.63) is 112 Å². The van der Waals surface area contributed by atoms with Crippen molar-refractivity contribution in [2.45, 2.75) is 110 Å². The molecular weight excluding hydrogens is 604 g/mol. The van der Waals surface area contributed by atoms with Crippen LogP contribution in [0.4, 0.5) is 17.1 Å². The molecule has 1 N–H and O–H groups in total. The first kappa shape index (κ1) is 34.6. The van der Waals surface area contributed by atoms with Gasteiger partial charge in [0.15, 0.2) is 5.60 Å². The lowest BCUT2D eigenvalue weighted by molar-refractivity contribution is 0.0224. The van der Waals surface area contributed by atoms with Crippen molar-refractivity contribution in [3.8, 4) is 11.5 Å². The molecular formula is C44H54N2O3. The van der Waals surface area contributed by atoms with Gasteiger partial charge in [0.1, 0.15) is 11.5 Å². The van der Waals surface area contributed by atoms with Crippen molar-refractivity contribution >= 4 is 23.0 Å². The Kier molecular flexibility index (Phi) is 11.3. The third-order valence-corrected chi connectivity index (χ3v) is 10.3. The average molecular weight is 659 g/mol. The van der Waals surface area contributed by atoms with Crippen molar-refractivity contribution in [1.29, 1.82) is 0 Å². The molecule has 0 aromatic heterocycles. The minimum Gasteiger partial charge on any atom is -0.456 e. The fourth-order valence-electron chi connectivity index (χ4n) is 7.58. The van der Waals surface area contributed by atoms with Gasteiger partial charge in [-0.2, -0.15) is 0 Å². The van der Waals surface area contributed by atoms with Gasteiger partial charge >= 0.3 is 5.97 Å². The number of carbonyl (C=O) groups is 1. The van der Waals surface area contributed by atoms with Crippen LogP contribution in [0.5, 0.6) is 11.5 Å². The normalized spacial score (nSPS) is 15.7. The van der Waals surface area contributed by atoms with Crippen molar-refractivity contribution in [1.82, 2.24) is 0 Å². The summed E-state index contributed by atoms with van der Waals surface area (Å²) in [5, 5.41) is 3.61. The summed E-state index contributed by atoms with van der Waals surface area (Å²) in [5.74, 6) is 1.15. The summed E-state index contributed by atoms with van der Waals surface area (Å²) < 4.78 is 13.3. The first-order chi connectivity index (χ1) is 23.9. The highest BCUT2D eigenvalue weighted by molar-refractivity contribution is 5.97. The van der Waals surface area contributed by atoms with Crippen LogP contribution >= 0.6 is 0 Å². The number of benzene rings is 4. The average Bonchev–Trinajstić information content (AvgIpc) is 3.40. The lowest BCUT2D eigenvalue weighted by Crippen LogP contribution is -2.33. The molecule has 0 radical (unpaired) electrons. The lowest BCUT2D eigenvalue weighted by atomic mass is 9.77. The quantitative estimate of drug-likeness (QED) is 0.0904. The molecule has 2 heterocycles. The monoisotopic (exact) mass is 658 g/mol. The van der Waals surface area contributed by atoms with Gasteiger partial charge in [-0.25, -0.2) is 4.79 Å². The van der Waals surface area contributed by atoms with Crippen LogP contribution in [0.25, 0.3) is 0 Å². The molecule has 0 bridgehead atoms. The van der Waals surface area contributed by atoms with E-state index in [0.717, 1.165) is 46.9 Å². The standard InChI is InChI=1S/C44H54N2O3/c1-5-7-9-11-13-17-27-46(28-18-14-12-10-8-6-2)35-23-24-38-42(31-35)48-41-26-22-34(45-40-25-21-32(3)29-33(40)4)30-39(41)44(38)37-20-16-15-19-36(37)43(47)49-44/h15-16,19-26,29-31,45H,5-14,17-18,27-28H2,1-4H3. The summed E-state index contributed by atoms with van der Waals surface area (Å²) in [5.41, 5.74) is 7.59. The topological polar surface area (TPSA) is 50.8 Å². The highest BCUT2D eigenvalue weighted by atomic mass is 16.6. The fraction of sp³-hybridized carbons (Fsp3) is 0.432. The summed E-state index contributed by atoms with van der Waals surface area (Å²) >= 11 is 0. The largest absolute Gasteiger partial charge is 0.456 e. The second-order valence-corrected chi connectivity index (χ2v) is 14.1. The number of esters is 1. The number of rotatable bonds is 17. The predicted octanol–water partition coefficient (Wildman–Crippen LogP) is 12.1. The molecule has 1 unspecified atom stereocenters. The Morgan fingerprint density at radius 2 is 1.35 bits per heavy atom. The van der Waals surface area contributed by atoms with E-state index in [1.807, 2.05) is 36.4 Å². The number of nitrogens with zero attached hydrogens (tertiary/aromatic N) is 1. The first-order valence-electron chi connectivity index (χ1n) is 18.8. The molecule has 1 spiro atoms. The number of carbonyl (C=O) groups excluding carboxylic acids is 1. The molecule has 6 rings (SSSR count). The van der Waals surface area contributed by atoms with Gasteiger partial charge < -0.3 is 19.7 Å². The SMILES string of the molecule is CCCCCCCCN(CCCCCCCC)c1ccc2c(c1)Oc1ccc(Nc3ccc(C)cc3C)cc1C21OC(=O)c2ccccc21. The smallest absolute Gasteiger partial charge is 0.340 e. The van der Waals surface area contributed by atoms with Gasteiger partial charge in [0.2, 0.25) is 0 Å². The third kappa shape index (κ3) is 7.51. The van der Waals surface area contributed by atoms with Crippen molar-refractivity contribution in [2.75, 3.05) is 23.3 Å². The van der Waals surface area contributed by atoms with E-state index in [2.05, 4.69) is 80.4 Å². The van der Waals surface area contributed by atoms with E-state index in [4.69, 9.17) is 9.47 Å². The maximum Gasteiger partial charge on any atom is 0.340 e. The number of nitrogens with one attached hydrogen (secondary N) is 1. The predicted molar refractivity (Wildman–Crippen MR) is 203 cm³/mol. The van der Waals surface area contributed by atoms with Crippen LogP contribution in [-0.2, 0) is 10.3 Å². The Balaban J connectivity index is 1.34. The zero-order valence-corrected chi connectivity index (χ0v) is 30.1. The second-order valence-electron chi connectivity index (χ2n) is 14.1.